The van der Waals surface area contributed by atoms with Crippen molar-refractivity contribution in [2.45, 2.75) is 38.5 Å². The number of hydrogen-bond donors (Lipinski definition) is 2. The molecule has 5 nitrogen and oxygen atoms in total. The quantitative estimate of drug-likeness (QED) is 0.418. The van der Waals surface area contributed by atoms with E-state index in [-0.39, 0.29) is 5.92 Å². The lowest BCUT2D eigenvalue weighted by molar-refractivity contribution is 0.341. The number of hydrogen-bond acceptors (Lipinski definition) is 4. The van der Waals surface area contributed by atoms with E-state index in [2.05, 4.69) is 60.7 Å². The molecule has 164 valence electrons. The van der Waals surface area contributed by atoms with E-state index in [1.54, 1.807) is 14.2 Å². The summed E-state index contributed by atoms with van der Waals surface area (Å²) < 4.78 is 10.8. The molecule has 3 rings (SSSR count). The Hall–Kier alpha value is -2.97. The van der Waals surface area contributed by atoms with Gasteiger partial charge in [-0.15, -0.1) is 0 Å². The summed E-state index contributed by atoms with van der Waals surface area (Å²) >= 11 is 0. The van der Waals surface area contributed by atoms with Crippen LogP contribution in [0.25, 0.3) is 10.9 Å². The minimum atomic E-state index is -0.557. The fraction of sp³-hybridized carbons (Fsp3) is 0.423. The molecule has 1 aromatic heterocycles. The SMILES string of the molecule is COc1ccc([C@@](C#N)(CCCNCCc2c[nH]c3ccccc23)C(C)C)cc1OC. The number of aromatic nitrogens is 1. The first kappa shape index (κ1) is 22.7. The predicted octanol–water partition coefficient (Wildman–Crippen LogP) is 5.21. The van der Waals surface area contributed by atoms with Crippen LogP contribution < -0.4 is 14.8 Å². The summed E-state index contributed by atoms with van der Waals surface area (Å²) in [6.07, 6.45) is 4.79. The molecule has 0 saturated heterocycles. The van der Waals surface area contributed by atoms with Crippen molar-refractivity contribution >= 4 is 10.9 Å². The molecule has 0 radical (unpaired) electrons. The third kappa shape index (κ3) is 4.86. The van der Waals surface area contributed by atoms with Crippen LogP contribution in [0.3, 0.4) is 0 Å². The van der Waals surface area contributed by atoms with Crippen LogP contribution in [-0.4, -0.2) is 32.3 Å². The fourth-order valence-corrected chi connectivity index (χ4v) is 4.31. The topological polar surface area (TPSA) is 70.1 Å². The van der Waals surface area contributed by atoms with Crippen LogP contribution in [-0.2, 0) is 11.8 Å². The lowest BCUT2D eigenvalue weighted by Gasteiger charge is -2.32. The van der Waals surface area contributed by atoms with Crippen LogP contribution in [0.4, 0.5) is 0 Å². The second-order valence-electron chi connectivity index (χ2n) is 8.27. The summed E-state index contributed by atoms with van der Waals surface area (Å²) in [6, 6.07) is 16.9. The maximum atomic E-state index is 10.2. The van der Waals surface area contributed by atoms with Gasteiger partial charge in [-0.3, -0.25) is 0 Å². The van der Waals surface area contributed by atoms with Crippen LogP contribution in [0.1, 0.15) is 37.8 Å². The summed E-state index contributed by atoms with van der Waals surface area (Å²) in [5.74, 6) is 1.53. The zero-order chi connectivity index (χ0) is 22.3. The molecular formula is C26H33N3O2. The number of fused-ring (bicyclic) bond motifs is 1. The molecular weight excluding hydrogens is 386 g/mol. The number of nitrogens with zero attached hydrogens (tertiary/aromatic N) is 1. The summed E-state index contributed by atoms with van der Waals surface area (Å²) in [7, 11) is 3.25. The van der Waals surface area contributed by atoms with E-state index >= 15 is 0 Å². The Kier molecular flexibility index (Phi) is 7.59. The van der Waals surface area contributed by atoms with Crippen LogP contribution >= 0.6 is 0 Å². The molecule has 0 fully saturated rings. The minimum Gasteiger partial charge on any atom is -0.493 e. The molecule has 1 heterocycles. The normalized spacial score (nSPS) is 13.2. The Morgan fingerprint density at radius 3 is 2.55 bits per heavy atom. The number of nitrogens with one attached hydrogen (secondary N) is 2. The number of ether oxygens (including phenoxy) is 2. The van der Waals surface area contributed by atoms with Gasteiger partial charge in [-0.05, 0) is 67.6 Å². The van der Waals surface area contributed by atoms with Crippen molar-refractivity contribution < 1.29 is 9.47 Å². The third-order valence-electron chi connectivity index (χ3n) is 6.25. The van der Waals surface area contributed by atoms with Crippen molar-refractivity contribution in [2.75, 3.05) is 27.3 Å². The van der Waals surface area contributed by atoms with E-state index in [1.807, 2.05) is 18.2 Å². The lowest BCUT2D eigenvalue weighted by Crippen LogP contribution is -2.32. The van der Waals surface area contributed by atoms with Gasteiger partial charge in [0, 0.05) is 17.1 Å². The standard InChI is InChI=1S/C26H33N3O2/c1-19(2)26(18-27,21-10-11-24(30-3)25(16-21)31-4)13-7-14-28-15-12-20-17-29-23-9-6-5-8-22(20)23/h5-6,8-11,16-17,19,28-29H,7,12-15H2,1-4H3/t26-/m1/s1. The van der Waals surface area contributed by atoms with Gasteiger partial charge in [-0.25, -0.2) is 0 Å². The smallest absolute Gasteiger partial charge is 0.161 e. The number of nitriles is 1. The largest absolute Gasteiger partial charge is 0.493 e. The van der Waals surface area contributed by atoms with Crippen LogP contribution in [0.2, 0.25) is 0 Å². The maximum Gasteiger partial charge on any atom is 0.161 e. The Balaban J connectivity index is 1.59. The van der Waals surface area contributed by atoms with Gasteiger partial charge in [0.05, 0.1) is 25.7 Å². The van der Waals surface area contributed by atoms with Crippen molar-refractivity contribution in [1.82, 2.24) is 10.3 Å². The predicted molar refractivity (Wildman–Crippen MR) is 126 cm³/mol. The maximum absolute atomic E-state index is 10.2. The molecule has 0 spiro atoms. The highest BCUT2D eigenvalue weighted by atomic mass is 16.5. The molecule has 0 aliphatic carbocycles. The highest BCUT2D eigenvalue weighted by Crippen LogP contribution is 2.40. The van der Waals surface area contributed by atoms with Gasteiger partial charge in [0.2, 0.25) is 0 Å². The number of methoxy groups -OCH3 is 2. The van der Waals surface area contributed by atoms with E-state index in [0.717, 1.165) is 37.9 Å². The average molecular weight is 420 g/mol. The molecule has 2 N–H and O–H groups in total. The lowest BCUT2D eigenvalue weighted by atomic mass is 9.70. The first-order valence-electron chi connectivity index (χ1n) is 10.9. The van der Waals surface area contributed by atoms with Gasteiger partial charge in [0.15, 0.2) is 11.5 Å². The highest BCUT2D eigenvalue weighted by Gasteiger charge is 2.36. The van der Waals surface area contributed by atoms with E-state index in [9.17, 15) is 5.26 Å². The minimum absolute atomic E-state index is 0.182. The summed E-state index contributed by atoms with van der Waals surface area (Å²) in [5.41, 5.74) is 2.95. The van der Waals surface area contributed by atoms with Gasteiger partial charge >= 0.3 is 0 Å². The summed E-state index contributed by atoms with van der Waals surface area (Å²) in [4.78, 5) is 3.33. The van der Waals surface area contributed by atoms with Crippen molar-refractivity contribution in [3.8, 4) is 17.6 Å². The number of benzene rings is 2. The second-order valence-corrected chi connectivity index (χ2v) is 8.27. The number of rotatable bonds is 11. The van der Waals surface area contributed by atoms with Crippen molar-refractivity contribution in [1.29, 1.82) is 5.26 Å². The number of H-pyrrole nitrogens is 1. The van der Waals surface area contributed by atoms with Gasteiger partial charge in [-0.1, -0.05) is 38.1 Å². The molecule has 0 saturated carbocycles. The molecule has 1 atom stereocenters. The second kappa shape index (κ2) is 10.4. The number of para-hydroxylation sites is 1. The van der Waals surface area contributed by atoms with Crippen molar-refractivity contribution in [2.24, 2.45) is 5.92 Å². The molecule has 3 aromatic rings. The van der Waals surface area contributed by atoms with E-state index in [0.29, 0.717) is 11.5 Å². The van der Waals surface area contributed by atoms with Gasteiger partial charge in [0.25, 0.3) is 0 Å². The van der Waals surface area contributed by atoms with Crippen LogP contribution in [0, 0.1) is 17.2 Å². The van der Waals surface area contributed by atoms with E-state index < -0.39 is 5.41 Å². The third-order valence-corrected chi connectivity index (χ3v) is 6.25. The van der Waals surface area contributed by atoms with Crippen molar-refractivity contribution in [3.63, 3.8) is 0 Å². The monoisotopic (exact) mass is 419 g/mol. The zero-order valence-corrected chi connectivity index (χ0v) is 19.0. The highest BCUT2D eigenvalue weighted by molar-refractivity contribution is 5.83. The molecule has 0 amide bonds. The van der Waals surface area contributed by atoms with Gasteiger partial charge in [0.1, 0.15) is 0 Å². The number of aromatic amines is 1. The summed E-state index contributed by atoms with van der Waals surface area (Å²) in [5, 5.41) is 15.0. The molecule has 0 bridgehead atoms. The Bertz CT molecular complexity index is 1030. The summed E-state index contributed by atoms with van der Waals surface area (Å²) in [6.45, 7) is 6.03. The van der Waals surface area contributed by atoms with Crippen LogP contribution in [0.5, 0.6) is 11.5 Å². The van der Waals surface area contributed by atoms with Crippen molar-refractivity contribution in [3.05, 3.63) is 59.8 Å². The van der Waals surface area contributed by atoms with Gasteiger partial charge in [-0.2, -0.15) is 5.26 Å². The zero-order valence-electron chi connectivity index (χ0n) is 19.0. The van der Waals surface area contributed by atoms with E-state index in [1.165, 1.54) is 16.5 Å². The first-order valence-corrected chi connectivity index (χ1v) is 10.9. The Morgan fingerprint density at radius 2 is 1.84 bits per heavy atom. The van der Waals surface area contributed by atoms with E-state index in [4.69, 9.17) is 9.47 Å². The molecule has 2 aromatic carbocycles. The first-order chi connectivity index (χ1) is 15.1. The van der Waals surface area contributed by atoms with Gasteiger partial charge < -0.3 is 19.8 Å². The Morgan fingerprint density at radius 1 is 1.06 bits per heavy atom. The average Bonchev–Trinajstić information content (AvgIpc) is 3.21. The Labute approximate surface area is 185 Å². The van der Waals surface area contributed by atoms with Crippen LogP contribution in [0.15, 0.2) is 48.7 Å². The molecule has 31 heavy (non-hydrogen) atoms. The fourth-order valence-electron chi connectivity index (χ4n) is 4.31. The molecule has 0 unspecified atom stereocenters. The molecule has 5 heteroatoms. The molecule has 0 aliphatic heterocycles. The molecule has 0 aliphatic rings.